The number of rotatable bonds is 7. The van der Waals surface area contributed by atoms with E-state index in [1.165, 1.54) is 0 Å². The Morgan fingerprint density at radius 2 is 1.65 bits per heavy atom. The van der Waals surface area contributed by atoms with Crippen molar-refractivity contribution in [3.8, 4) is 5.75 Å². The van der Waals surface area contributed by atoms with Crippen LogP contribution < -0.4 is 10.1 Å². The van der Waals surface area contributed by atoms with Gasteiger partial charge in [0.05, 0.1) is 0 Å². The van der Waals surface area contributed by atoms with Crippen molar-refractivity contribution < 1.29 is 4.74 Å². The minimum absolute atomic E-state index is 0.472. The second kappa shape index (κ2) is 9.43. The third-order valence-corrected chi connectivity index (χ3v) is 4.99. The molecule has 5 heteroatoms. The third kappa shape index (κ3) is 5.49. The van der Waals surface area contributed by atoms with Gasteiger partial charge in [-0.3, -0.25) is 0 Å². The van der Waals surface area contributed by atoms with Crippen LogP contribution in [0.2, 0.25) is 10.0 Å². The molecule has 26 heavy (non-hydrogen) atoms. The van der Waals surface area contributed by atoms with Crippen LogP contribution in [-0.4, -0.2) is 0 Å². The summed E-state index contributed by atoms with van der Waals surface area (Å²) >= 11 is 15.8. The number of halogens is 3. The molecule has 0 radical (unpaired) electrons. The Morgan fingerprint density at radius 3 is 2.46 bits per heavy atom. The second-order valence-corrected chi connectivity index (χ2v) is 7.62. The number of nitrogens with one attached hydrogen (secondary N) is 1. The first kappa shape index (κ1) is 19.2. The highest BCUT2D eigenvalue weighted by molar-refractivity contribution is 9.10. The molecular formula is C21H18BrCl2NO. The Balaban J connectivity index is 1.65. The first-order valence-corrected chi connectivity index (χ1v) is 9.76. The molecule has 0 aliphatic carbocycles. The second-order valence-electron chi connectivity index (χ2n) is 5.87. The third-order valence-electron chi connectivity index (χ3n) is 3.89. The zero-order valence-corrected chi connectivity index (χ0v) is 17.1. The number of hydrogen-bond donors (Lipinski definition) is 1. The fourth-order valence-electron chi connectivity index (χ4n) is 2.59. The molecule has 3 aromatic carbocycles. The van der Waals surface area contributed by atoms with E-state index in [1.54, 1.807) is 0 Å². The highest BCUT2D eigenvalue weighted by Gasteiger charge is 2.07. The van der Waals surface area contributed by atoms with Crippen LogP contribution in [0.25, 0.3) is 0 Å². The van der Waals surface area contributed by atoms with E-state index in [1.807, 2.05) is 60.7 Å². The summed E-state index contributed by atoms with van der Waals surface area (Å²) in [5.41, 5.74) is 3.19. The van der Waals surface area contributed by atoms with Gasteiger partial charge < -0.3 is 10.1 Å². The van der Waals surface area contributed by atoms with Gasteiger partial charge >= 0.3 is 0 Å². The van der Waals surface area contributed by atoms with Gasteiger partial charge in [0.1, 0.15) is 12.4 Å². The molecular weight excluding hydrogens is 433 g/mol. The molecule has 0 heterocycles. The quantitative estimate of drug-likeness (QED) is 0.436. The van der Waals surface area contributed by atoms with Crippen molar-refractivity contribution in [2.24, 2.45) is 0 Å². The fourth-order valence-corrected chi connectivity index (χ4v) is 3.41. The van der Waals surface area contributed by atoms with Crippen molar-refractivity contribution in [2.45, 2.75) is 19.7 Å². The van der Waals surface area contributed by atoms with Gasteiger partial charge in [-0.15, -0.1) is 0 Å². The SMILES string of the molecule is Clc1cccc(COc2ccc(Br)cc2CNCc2ccccc2Cl)c1. The molecule has 3 aromatic rings. The molecule has 0 unspecified atom stereocenters. The van der Waals surface area contributed by atoms with Gasteiger partial charge in [-0.25, -0.2) is 0 Å². The maximum atomic E-state index is 6.21. The zero-order valence-electron chi connectivity index (χ0n) is 14.0. The number of hydrogen-bond acceptors (Lipinski definition) is 2. The van der Waals surface area contributed by atoms with Gasteiger partial charge in [0.15, 0.2) is 0 Å². The van der Waals surface area contributed by atoms with E-state index in [9.17, 15) is 0 Å². The average Bonchev–Trinajstić information content (AvgIpc) is 2.63. The first-order valence-electron chi connectivity index (χ1n) is 8.21. The summed E-state index contributed by atoms with van der Waals surface area (Å²) in [6, 6.07) is 21.5. The molecule has 134 valence electrons. The summed E-state index contributed by atoms with van der Waals surface area (Å²) in [6.45, 7) is 1.84. The zero-order chi connectivity index (χ0) is 18.4. The normalized spacial score (nSPS) is 10.7. The van der Waals surface area contributed by atoms with Crippen molar-refractivity contribution in [3.63, 3.8) is 0 Å². The van der Waals surface area contributed by atoms with Crippen molar-refractivity contribution in [3.05, 3.63) is 97.9 Å². The van der Waals surface area contributed by atoms with Crippen molar-refractivity contribution in [1.29, 1.82) is 0 Å². The van der Waals surface area contributed by atoms with E-state index in [4.69, 9.17) is 27.9 Å². The van der Waals surface area contributed by atoms with Gasteiger partial charge in [0.25, 0.3) is 0 Å². The summed E-state index contributed by atoms with van der Waals surface area (Å²) < 4.78 is 7.03. The maximum Gasteiger partial charge on any atom is 0.124 e. The van der Waals surface area contributed by atoms with Crippen molar-refractivity contribution in [2.75, 3.05) is 0 Å². The Hall–Kier alpha value is -1.52. The van der Waals surface area contributed by atoms with Crippen molar-refractivity contribution >= 4 is 39.1 Å². The molecule has 0 aliphatic heterocycles. The van der Waals surface area contributed by atoms with Gasteiger partial charge in [0, 0.05) is 33.2 Å². The van der Waals surface area contributed by atoms with Crippen molar-refractivity contribution in [1.82, 2.24) is 5.32 Å². The van der Waals surface area contributed by atoms with Crippen LogP contribution >= 0.6 is 39.1 Å². The monoisotopic (exact) mass is 449 g/mol. The van der Waals surface area contributed by atoms with E-state index in [0.29, 0.717) is 24.7 Å². The Labute approximate surface area is 172 Å². The highest BCUT2D eigenvalue weighted by atomic mass is 79.9. The summed E-state index contributed by atoms with van der Waals surface area (Å²) in [4.78, 5) is 0. The van der Waals surface area contributed by atoms with Crippen LogP contribution in [0, 0.1) is 0 Å². The van der Waals surface area contributed by atoms with Crippen LogP contribution in [-0.2, 0) is 19.7 Å². The van der Waals surface area contributed by atoms with E-state index in [-0.39, 0.29) is 0 Å². The lowest BCUT2D eigenvalue weighted by Crippen LogP contribution is -2.14. The minimum atomic E-state index is 0.472. The smallest absolute Gasteiger partial charge is 0.124 e. The van der Waals surface area contributed by atoms with Gasteiger partial charge in [0.2, 0.25) is 0 Å². The van der Waals surface area contributed by atoms with Crippen LogP contribution in [0.4, 0.5) is 0 Å². The molecule has 3 rings (SSSR count). The maximum absolute atomic E-state index is 6.21. The number of benzene rings is 3. The summed E-state index contributed by atoms with van der Waals surface area (Å²) in [6.07, 6.45) is 0. The molecule has 2 nitrogen and oxygen atoms in total. The predicted molar refractivity (Wildman–Crippen MR) is 112 cm³/mol. The summed E-state index contributed by atoms with van der Waals surface area (Å²) in [5.74, 6) is 0.847. The van der Waals surface area contributed by atoms with Crippen LogP contribution in [0.3, 0.4) is 0 Å². The molecule has 0 spiro atoms. The highest BCUT2D eigenvalue weighted by Crippen LogP contribution is 2.25. The molecule has 0 aromatic heterocycles. The van der Waals surface area contributed by atoms with Gasteiger partial charge in [-0.2, -0.15) is 0 Å². The Morgan fingerprint density at radius 1 is 0.846 bits per heavy atom. The summed E-state index contributed by atoms with van der Waals surface area (Å²) in [5, 5.41) is 4.91. The van der Waals surface area contributed by atoms with E-state index < -0.39 is 0 Å². The first-order chi connectivity index (χ1) is 12.6. The minimum Gasteiger partial charge on any atom is -0.489 e. The molecule has 0 atom stereocenters. The number of ether oxygens (including phenoxy) is 1. The van der Waals surface area contributed by atoms with Gasteiger partial charge in [-0.05, 0) is 47.5 Å². The molecule has 1 N–H and O–H groups in total. The summed E-state index contributed by atoms with van der Waals surface area (Å²) in [7, 11) is 0. The molecule has 0 fully saturated rings. The molecule has 0 aliphatic rings. The molecule has 0 saturated carbocycles. The molecule has 0 saturated heterocycles. The van der Waals surface area contributed by atoms with E-state index >= 15 is 0 Å². The van der Waals surface area contributed by atoms with Crippen LogP contribution in [0.1, 0.15) is 16.7 Å². The molecule has 0 amide bonds. The largest absolute Gasteiger partial charge is 0.489 e. The lowest BCUT2D eigenvalue weighted by atomic mass is 10.1. The standard InChI is InChI=1S/C21H18BrCl2NO/c22-18-8-9-21(26-14-15-4-3-6-19(23)10-15)17(11-18)13-25-12-16-5-1-2-7-20(16)24/h1-11,25H,12-14H2. The van der Waals surface area contributed by atoms with Crippen LogP contribution in [0.15, 0.2) is 71.2 Å². The topological polar surface area (TPSA) is 21.3 Å². The Bertz CT molecular complexity index is 885. The molecule has 0 bridgehead atoms. The average molecular weight is 451 g/mol. The predicted octanol–water partition coefficient (Wildman–Crippen LogP) is 6.62. The fraction of sp³-hybridized carbons (Fsp3) is 0.143. The lowest BCUT2D eigenvalue weighted by molar-refractivity contribution is 0.302. The van der Waals surface area contributed by atoms with E-state index in [2.05, 4.69) is 27.3 Å². The van der Waals surface area contributed by atoms with Crippen LogP contribution in [0.5, 0.6) is 5.75 Å². The lowest BCUT2D eigenvalue weighted by Gasteiger charge is -2.13. The van der Waals surface area contributed by atoms with E-state index in [0.717, 1.165) is 31.9 Å². The van der Waals surface area contributed by atoms with Gasteiger partial charge in [-0.1, -0.05) is 69.5 Å². The Kier molecular flexibility index (Phi) is 6.98.